The summed E-state index contributed by atoms with van der Waals surface area (Å²) < 4.78 is 5.80. The number of amides is 1. The molecule has 2 heterocycles. The van der Waals surface area contributed by atoms with Crippen LogP contribution in [0.3, 0.4) is 0 Å². The van der Waals surface area contributed by atoms with Crippen LogP contribution in [0.4, 0.5) is 0 Å². The average Bonchev–Trinajstić information content (AvgIpc) is 2.95. The molecule has 1 saturated heterocycles. The largest absolute Gasteiger partial charge is 0.351 e. The lowest BCUT2D eigenvalue weighted by Crippen LogP contribution is -2.45. The minimum Gasteiger partial charge on any atom is -0.351 e. The molecule has 0 saturated carbocycles. The maximum Gasteiger partial charge on any atom is 0.252 e. The number of hydrogen-bond acceptors (Lipinski definition) is 4. The van der Waals surface area contributed by atoms with Gasteiger partial charge in [0.15, 0.2) is 6.23 Å². The van der Waals surface area contributed by atoms with Crippen LogP contribution in [-0.2, 0) is 9.53 Å². The van der Waals surface area contributed by atoms with E-state index in [0.717, 1.165) is 5.56 Å². The fraction of sp³-hybridized carbons (Fsp3) is 0.400. The maximum atomic E-state index is 12.4. The molecule has 110 valence electrons. The van der Waals surface area contributed by atoms with E-state index >= 15 is 0 Å². The molecule has 0 aromatic heterocycles. The molecular formula is C15H16N2O4. The molecule has 2 atom stereocenters. The highest BCUT2D eigenvalue weighted by molar-refractivity contribution is 5.97. The highest BCUT2D eigenvalue weighted by Gasteiger charge is 2.53. The van der Waals surface area contributed by atoms with Crippen LogP contribution in [0.2, 0.25) is 0 Å². The van der Waals surface area contributed by atoms with E-state index < -0.39 is 11.8 Å². The van der Waals surface area contributed by atoms with Crippen molar-refractivity contribution in [1.29, 1.82) is 0 Å². The normalized spacial score (nSPS) is 27.7. The summed E-state index contributed by atoms with van der Waals surface area (Å²) in [6.07, 6.45) is 1.62. The first-order valence-corrected chi connectivity index (χ1v) is 6.85. The van der Waals surface area contributed by atoms with E-state index in [0.29, 0.717) is 12.2 Å². The van der Waals surface area contributed by atoms with Crippen LogP contribution in [-0.4, -0.2) is 34.4 Å². The summed E-state index contributed by atoms with van der Waals surface area (Å²) in [6, 6.07) is 9.46. The van der Waals surface area contributed by atoms with Crippen LogP contribution in [0.5, 0.6) is 0 Å². The van der Waals surface area contributed by atoms with Gasteiger partial charge in [-0.25, -0.2) is 0 Å². The highest BCUT2D eigenvalue weighted by Crippen LogP contribution is 2.45. The van der Waals surface area contributed by atoms with E-state index in [4.69, 9.17) is 4.74 Å². The van der Waals surface area contributed by atoms with Gasteiger partial charge in [0.05, 0.1) is 12.1 Å². The number of nitro groups is 1. The SMILES string of the molecule is CC1=C[C@@]2(CC[N+](=O)[O-])CO[C@H](c3ccccc3)N2C1=O. The fourth-order valence-corrected chi connectivity index (χ4v) is 3.09. The number of hydrogen-bond donors (Lipinski definition) is 0. The fourth-order valence-electron chi connectivity index (χ4n) is 3.09. The van der Waals surface area contributed by atoms with E-state index in [1.54, 1.807) is 11.8 Å². The lowest BCUT2D eigenvalue weighted by atomic mass is 9.96. The summed E-state index contributed by atoms with van der Waals surface area (Å²) in [4.78, 5) is 24.4. The van der Waals surface area contributed by atoms with Crippen LogP contribution in [0, 0.1) is 10.1 Å². The van der Waals surface area contributed by atoms with Crippen LogP contribution in [0.15, 0.2) is 42.0 Å². The Balaban J connectivity index is 1.93. The number of carbonyl (C=O) groups excluding carboxylic acids is 1. The van der Waals surface area contributed by atoms with Gasteiger partial charge in [-0.2, -0.15) is 0 Å². The van der Waals surface area contributed by atoms with Gasteiger partial charge in [-0.3, -0.25) is 19.8 Å². The number of ether oxygens (including phenoxy) is 1. The Bertz CT molecular complexity index is 613. The second-order valence-electron chi connectivity index (χ2n) is 5.49. The minimum atomic E-state index is -0.686. The molecular weight excluding hydrogens is 272 g/mol. The Morgan fingerprint density at radius 1 is 1.43 bits per heavy atom. The minimum absolute atomic E-state index is 0.107. The molecule has 6 heteroatoms. The van der Waals surface area contributed by atoms with Gasteiger partial charge in [-0.1, -0.05) is 30.3 Å². The molecule has 0 radical (unpaired) electrons. The van der Waals surface area contributed by atoms with Gasteiger partial charge in [0.1, 0.15) is 0 Å². The maximum absolute atomic E-state index is 12.4. The zero-order chi connectivity index (χ0) is 15.0. The predicted molar refractivity (Wildman–Crippen MR) is 74.9 cm³/mol. The van der Waals surface area contributed by atoms with Crippen molar-refractivity contribution in [1.82, 2.24) is 4.90 Å². The zero-order valence-corrected chi connectivity index (χ0v) is 11.7. The van der Waals surface area contributed by atoms with Crippen molar-refractivity contribution < 1.29 is 14.5 Å². The molecule has 1 amide bonds. The molecule has 0 bridgehead atoms. The number of benzene rings is 1. The Labute approximate surface area is 122 Å². The van der Waals surface area contributed by atoms with Gasteiger partial charge in [0.25, 0.3) is 5.91 Å². The van der Waals surface area contributed by atoms with E-state index in [9.17, 15) is 14.9 Å². The summed E-state index contributed by atoms with van der Waals surface area (Å²) in [5, 5.41) is 10.7. The van der Waals surface area contributed by atoms with Gasteiger partial charge in [-0.15, -0.1) is 0 Å². The second-order valence-corrected chi connectivity index (χ2v) is 5.49. The summed E-state index contributed by atoms with van der Waals surface area (Å²) in [5.74, 6) is -0.107. The standard InChI is InChI=1S/C15H16N2O4/c1-11-9-15(7-8-16(19)20)10-21-14(17(15)13(11)18)12-5-3-2-4-6-12/h2-6,9,14H,7-8,10H2,1H3/t14-,15+/m1/s1. The third-order valence-corrected chi connectivity index (χ3v) is 4.06. The monoisotopic (exact) mass is 288 g/mol. The highest BCUT2D eigenvalue weighted by atomic mass is 16.6. The second kappa shape index (κ2) is 4.96. The van der Waals surface area contributed by atoms with Crippen molar-refractivity contribution in [2.75, 3.05) is 13.2 Å². The Kier molecular flexibility index (Phi) is 3.25. The predicted octanol–water partition coefficient (Wildman–Crippen LogP) is 1.91. The van der Waals surface area contributed by atoms with Crippen LogP contribution in [0.25, 0.3) is 0 Å². The van der Waals surface area contributed by atoms with E-state index in [1.165, 1.54) is 0 Å². The van der Waals surface area contributed by atoms with Crippen LogP contribution < -0.4 is 0 Å². The van der Waals surface area contributed by atoms with Crippen molar-refractivity contribution >= 4 is 5.91 Å². The average molecular weight is 288 g/mol. The van der Waals surface area contributed by atoms with Gasteiger partial charge in [-0.05, 0) is 13.0 Å². The van der Waals surface area contributed by atoms with Crippen LogP contribution in [0.1, 0.15) is 25.1 Å². The third kappa shape index (κ3) is 2.21. The van der Waals surface area contributed by atoms with Crippen molar-refractivity contribution in [3.8, 4) is 0 Å². The summed E-state index contributed by atoms with van der Waals surface area (Å²) in [6.45, 7) is 1.86. The Hall–Kier alpha value is -2.21. The van der Waals surface area contributed by atoms with Gasteiger partial charge < -0.3 is 4.74 Å². The molecule has 2 aliphatic heterocycles. The van der Waals surface area contributed by atoms with E-state index in [-0.39, 0.29) is 23.8 Å². The van der Waals surface area contributed by atoms with Crippen LogP contribution >= 0.6 is 0 Å². The Morgan fingerprint density at radius 2 is 2.14 bits per heavy atom. The first-order valence-electron chi connectivity index (χ1n) is 6.85. The van der Waals surface area contributed by atoms with Crippen molar-refractivity contribution in [3.05, 3.63) is 57.7 Å². The molecule has 1 aromatic rings. The zero-order valence-electron chi connectivity index (χ0n) is 11.7. The molecule has 0 aliphatic carbocycles. The number of rotatable bonds is 4. The van der Waals surface area contributed by atoms with Crippen molar-refractivity contribution in [2.45, 2.75) is 25.1 Å². The van der Waals surface area contributed by atoms with Crippen molar-refractivity contribution in [3.63, 3.8) is 0 Å². The topological polar surface area (TPSA) is 72.7 Å². The molecule has 1 aromatic carbocycles. The summed E-state index contributed by atoms with van der Waals surface area (Å²) >= 11 is 0. The first-order chi connectivity index (χ1) is 10.0. The lowest BCUT2D eigenvalue weighted by molar-refractivity contribution is -0.482. The molecule has 21 heavy (non-hydrogen) atoms. The van der Waals surface area contributed by atoms with Crippen molar-refractivity contribution in [2.24, 2.45) is 0 Å². The molecule has 0 N–H and O–H groups in total. The number of nitrogens with zero attached hydrogens (tertiary/aromatic N) is 2. The first kappa shape index (κ1) is 13.8. The number of fused-ring (bicyclic) bond motifs is 1. The molecule has 1 fully saturated rings. The molecule has 3 rings (SSSR count). The molecule has 2 aliphatic rings. The van der Waals surface area contributed by atoms with E-state index in [2.05, 4.69) is 0 Å². The van der Waals surface area contributed by atoms with E-state index in [1.807, 2.05) is 36.4 Å². The lowest BCUT2D eigenvalue weighted by Gasteiger charge is -2.31. The van der Waals surface area contributed by atoms with Gasteiger partial charge >= 0.3 is 0 Å². The van der Waals surface area contributed by atoms with Gasteiger partial charge in [0.2, 0.25) is 6.54 Å². The quantitative estimate of drug-likeness (QED) is 0.626. The molecule has 6 nitrogen and oxygen atoms in total. The van der Waals surface area contributed by atoms with Gasteiger partial charge in [0, 0.05) is 22.5 Å². The molecule has 0 unspecified atom stereocenters. The number of carbonyl (C=O) groups is 1. The smallest absolute Gasteiger partial charge is 0.252 e. The summed E-state index contributed by atoms with van der Waals surface area (Å²) in [5.41, 5.74) is 0.828. The summed E-state index contributed by atoms with van der Waals surface area (Å²) in [7, 11) is 0. The molecule has 0 spiro atoms. The Morgan fingerprint density at radius 3 is 2.81 bits per heavy atom. The third-order valence-electron chi connectivity index (χ3n) is 4.06.